The lowest BCUT2D eigenvalue weighted by atomic mass is 10.1. The maximum Gasteiger partial charge on any atom is 0.272 e. The fraction of sp³-hybridized carbons (Fsp3) is 0.500. The van der Waals surface area contributed by atoms with E-state index in [2.05, 4.69) is 27.3 Å². The van der Waals surface area contributed by atoms with Crippen LogP contribution in [-0.4, -0.2) is 59.9 Å². The van der Waals surface area contributed by atoms with Gasteiger partial charge in [0.1, 0.15) is 0 Å². The zero-order valence-corrected chi connectivity index (χ0v) is 13.1. The molecule has 1 aromatic heterocycles. The minimum Gasteiger partial charge on any atom is -0.379 e. The number of ether oxygens (including phenoxy) is 1. The molecule has 6 nitrogen and oxygen atoms in total. The molecule has 2 aromatic rings. The monoisotopic (exact) mass is 302 g/mol. The van der Waals surface area contributed by atoms with Crippen molar-refractivity contribution in [1.82, 2.24) is 20.4 Å². The summed E-state index contributed by atoms with van der Waals surface area (Å²) < 4.78 is 5.35. The van der Waals surface area contributed by atoms with Crippen LogP contribution in [0, 0.1) is 6.92 Å². The second-order valence-corrected chi connectivity index (χ2v) is 5.83. The van der Waals surface area contributed by atoms with Crippen molar-refractivity contribution in [3.05, 3.63) is 29.5 Å². The summed E-state index contributed by atoms with van der Waals surface area (Å²) >= 11 is 0. The molecule has 1 fully saturated rings. The summed E-state index contributed by atoms with van der Waals surface area (Å²) in [6, 6.07) is 6.23. The zero-order valence-electron chi connectivity index (χ0n) is 13.1. The van der Waals surface area contributed by atoms with Crippen molar-refractivity contribution in [2.75, 3.05) is 32.8 Å². The van der Waals surface area contributed by atoms with E-state index in [0.29, 0.717) is 18.3 Å². The summed E-state index contributed by atoms with van der Waals surface area (Å²) in [6.45, 7) is 8.11. The number of H-pyrrole nitrogens is 1. The van der Waals surface area contributed by atoms with E-state index in [1.807, 2.05) is 25.1 Å². The van der Waals surface area contributed by atoms with Gasteiger partial charge in [-0.05, 0) is 26.0 Å². The van der Waals surface area contributed by atoms with E-state index in [-0.39, 0.29) is 5.91 Å². The largest absolute Gasteiger partial charge is 0.379 e. The molecule has 1 aliphatic rings. The first kappa shape index (κ1) is 15.0. The fourth-order valence-corrected chi connectivity index (χ4v) is 2.77. The highest BCUT2D eigenvalue weighted by molar-refractivity contribution is 6.04. The van der Waals surface area contributed by atoms with Gasteiger partial charge in [-0.15, -0.1) is 0 Å². The molecule has 0 spiro atoms. The van der Waals surface area contributed by atoms with Gasteiger partial charge in [0.2, 0.25) is 0 Å². The van der Waals surface area contributed by atoms with Gasteiger partial charge in [0.05, 0.1) is 18.7 Å². The number of aromatic nitrogens is 2. The van der Waals surface area contributed by atoms with Crippen molar-refractivity contribution in [3.63, 3.8) is 0 Å². The Kier molecular flexibility index (Phi) is 4.40. The smallest absolute Gasteiger partial charge is 0.272 e. The van der Waals surface area contributed by atoms with Crippen molar-refractivity contribution in [1.29, 1.82) is 0 Å². The summed E-state index contributed by atoms with van der Waals surface area (Å²) in [6.07, 6.45) is 0. The van der Waals surface area contributed by atoms with Gasteiger partial charge in [-0.1, -0.05) is 11.6 Å². The summed E-state index contributed by atoms with van der Waals surface area (Å²) in [4.78, 5) is 14.7. The number of benzene rings is 1. The van der Waals surface area contributed by atoms with Gasteiger partial charge in [0.25, 0.3) is 5.91 Å². The van der Waals surface area contributed by atoms with Gasteiger partial charge in [-0.2, -0.15) is 5.10 Å². The Balaban J connectivity index is 1.64. The molecule has 3 rings (SSSR count). The molecule has 1 atom stereocenters. The Hall–Kier alpha value is -1.92. The van der Waals surface area contributed by atoms with Crippen molar-refractivity contribution < 1.29 is 9.53 Å². The number of aromatic amines is 1. The third-order valence-electron chi connectivity index (χ3n) is 4.16. The number of aryl methyl sites for hydroxylation is 1. The van der Waals surface area contributed by atoms with Gasteiger partial charge in [0.15, 0.2) is 5.69 Å². The van der Waals surface area contributed by atoms with Crippen LogP contribution in [0.2, 0.25) is 0 Å². The molecule has 2 heterocycles. The lowest BCUT2D eigenvalue weighted by Gasteiger charge is -2.32. The van der Waals surface area contributed by atoms with Crippen molar-refractivity contribution in [2.24, 2.45) is 0 Å². The number of carbonyl (C=O) groups excluding carboxylic acids is 1. The van der Waals surface area contributed by atoms with Gasteiger partial charge >= 0.3 is 0 Å². The molecular formula is C16H22N4O2. The van der Waals surface area contributed by atoms with Crippen LogP contribution in [-0.2, 0) is 4.74 Å². The molecule has 0 saturated carbocycles. The minimum absolute atomic E-state index is 0.128. The predicted octanol–water partition coefficient (Wildman–Crippen LogP) is 1.32. The SMILES string of the molecule is Cc1ccc2[nH]nc(C(=O)NCC(C)N3CCOCC3)c2c1. The molecular weight excluding hydrogens is 280 g/mol. The first-order chi connectivity index (χ1) is 10.6. The number of morpholine rings is 1. The number of fused-ring (bicyclic) bond motifs is 1. The van der Waals surface area contributed by atoms with Gasteiger partial charge in [0, 0.05) is 31.1 Å². The predicted molar refractivity (Wildman–Crippen MR) is 85.0 cm³/mol. The topological polar surface area (TPSA) is 70.2 Å². The average molecular weight is 302 g/mol. The summed E-state index contributed by atoms with van der Waals surface area (Å²) in [5, 5.41) is 10.9. The Morgan fingerprint density at radius 1 is 1.45 bits per heavy atom. The molecule has 22 heavy (non-hydrogen) atoms. The normalized spacial score (nSPS) is 17.5. The molecule has 118 valence electrons. The second-order valence-electron chi connectivity index (χ2n) is 5.83. The number of rotatable bonds is 4. The van der Waals surface area contributed by atoms with E-state index in [0.717, 1.165) is 42.8 Å². The Labute approximate surface area is 129 Å². The van der Waals surface area contributed by atoms with E-state index in [4.69, 9.17) is 4.74 Å². The standard InChI is InChI=1S/C16H22N4O2/c1-11-3-4-14-13(9-11)15(19-18-14)16(21)17-10-12(2)20-5-7-22-8-6-20/h3-4,9,12H,5-8,10H2,1-2H3,(H,17,21)(H,18,19). The number of amides is 1. The van der Waals surface area contributed by atoms with Crippen molar-refractivity contribution >= 4 is 16.8 Å². The van der Waals surface area contributed by atoms with Crippen molar-refractivity contribution in [3.8, 4) is 0 Å². The number of carbonyl (C=O) groups is 1. The molecule has 0 radical (unpaired) electrons. The van der Waals surface area contributed by atoms with Crippen molar-refractivity contribution in [2.45, 2.75) is 19.9 Å². The fourth-order valence-electron chi connectivity index (χ4n) is 2.77. The summed E-state index contributed by atoms with van der Waals surface area (Å²) in [7, 11) is 0. The van der Waals surface area contributed by atoms with Crippen LogP contribution < -0.4 is 5.32 Å². The minimum atomic E-state index is -0.128. The highest BCUT2D eigenvalue weighted by Crippen LogP contribution is 2.17. The number of nitrogens with zero attached hydrogens (tertiary/aromatic N) is 2. The van der Waals surface area contributed by atoms with Crippen LogP contribution in [0.3, 0.4) is 0 Å². The number of nitrogens with one attached hydrogen (secondary N) is 2. The Bertz CT molecular complexity index is 661. The molecule has 1 aromatic carbocycles. The third kappa shape index (κ3) is 3.13. The Morgan fingerprint density at radius 3 is 3.00 bits per heavy atom. The number of hydrogen-bond acceptors (Lipinski definition) is 4. The van der Waals surface area contributed by atoms with Gasteiger partial charge in [-0.3, -0.25) is 14.8 Å². The van der Waals surface area contributed by atoms with E-state index in [1.54, 1.807) is 0 Å². The average Bonchev–Trinajstić information content (AvgIpc) is 2.96. The number of hydrogen-bond donors (Lipinski definition) is 2. The van der Waals surface area contributed by atoms with Crippen LogP contribution in [0.1, 0.15) is 23.0 Å². The van der Waals surface area contributed by atoms with E-state index in [1.165, 1.54) is 0 Å². The van der Waals surface area contributed by atoms with Gasteiger partial charge in [-0.25, -0.2) is 0 Å². The maximum absolute atomic E-state index is 12.4. The third-order valence-corrected chi connectivity index (χ3v) is 4.16. The highest BCUT2D eigenvalue weighted by atomic mass is 16.5. The zero-order chi connectivity index (χ0) is 15.5. The molecule has 2 N–H and O–H groups in total. The van der Waals surface area contributed by atoms with E-state index < -0.39 is 0 Å². The molecule has 1 aliphatic heterocycles. The molecule has 1 amide bonds. The Morgan fingerprint density at radius 2 is 2.23 bits per heavy atom. The van der Waals surface area contributed by atoms with Crippen LogP contribution in [0.15, 0.2) is 18.2 Å². The molecule has 1 saturated heterocycles. The lowest BCUT2D eigenvalue weighted by Crippen LogP contribution is -2.47. The van der Waals surface area contributed by atoms with Gasteiger partial charge < -0.3 is 10.1 Å². The molecule has 6 heteroatoms. The van der Waals surface area contributed by atoms with Crippen LogP contribution >= 0.6 is 0 Å². The summed E-state index contributed by atoms with van der Waals surface area (Å²) in [5.74, 6) is -0.128. The summed E-state index contributed by atoms with van der Waals surface area (Å²) in [5.41, 5.74) is 2.47. The second kappa shape index (κ2) is 6.46. The molecule has 1 unspecified atom stereocenters. The van der Waals surface area contributed by atoms with E-state index >= 15 is 0 Å². The van der Waals surface area contributed by atoms with Crippen LogP contribution in [0.5, 0.6) is 0 Å². The maximum atomic E-state index is 12.4. The van der Waals surface area contributed by atoms with Crippen LogP contribution in [0.4, 0.5) is 0 Å². The van der Waals surface area contributed by atoms with E-state index in [9.17, 15) is 4.79 Å². The first-order valence-electron chi connectivity index (χ1n) is 7.70. The van der Waals surface area contributed by atoms with Crippen LogP contribution in [0.25, 0.3) is 10.9 Å². The lowest BCUT2D eigenvalue weighted by molar-refractivity contribution is 0.0204. The molecule has 0 bridgehead atoms. The quantitative estimate of drug-likeness (QED) is 0.894. The highest BCUT2D eigenvalue weighted by Gasteiger charge is 2.19. The first-order valence-corrected chi connectivity index (χ1v) is 7.70. The molecule has 0 aliphatic carbocycles.